The van der Waals surface area contributed by atoms with Gasteiger partial charge in [0.25, 0.3) is 10.0 Å². The summed E-state index contributed by atoms with van der Waals surface area (Å²) in [6, 6.07) is 10.4. The molecule has 0 spiro atoms. The molecule has 4 rings (SSSR count). The number of rotatable bonds is 5. The third-order valence-electron chi connectivity index (χ3n) is 4.28. The molecule has 0 aliphatic carbocycles. The van der Waals surface area contributed by atoms with E-state index in [1.165, 1.54) is 6.07 Å². The lowest BCUT2D eigenvalue weighted by Crippen LogP contribution is -2.22. The van der Waals surface area contributed by atoms with E-state index in [9.17, 15) is 13.2 Å². The number of fused-ring (bicyclic) bond motifs is 2. The van der Waals surface area contributed by atoms with E-state index in [1.54, 1.807) is 18.2 Å². The topological polar surface area (TPSA) is 102 Å². The molecule has 144 valence electrons. The molecule has 0 amide bonds. The molecule has 28 heavy (non-hydrogen) atoms. The zero-order valence-corrected chi connectivity index (χ0v) is 15.9. The lowest BCUT2D eigenvalue weighted by atomic mass is 10.2. The Morgan fingerprint density at radius 3 is 2.89 bits per heavy atom. The maximum atomic E-state index is 12.0. The number of aliphatic imine (C=N–C) groups is 1. The van der Waals surface area contributed by atoms with E-state index in [4.69, 9.17) is 4.74 Å². The summed E-state index contributed by atoms with van der Waals surface area (Å²) in [6.07, 6.45) is 3.81. The number of nitrogens with zero attached hydrogens (tertiary/aromatic N) is 3. The molecule has 1 aliphatic heterocycles. The van der Waals surface area contributed by atoms with Crippen molar-refractivity contribution in [3.05, 3.63) is 65.6 Å². The van der Waals surface area contributed by atoms with Gasteiger partial charge < -0.3 is 9.14 Å². The fraction of sp³-hybridized carbons (Fsp3) is 0.211. The molecular weight excluding hydrogens is 380 g/mol. The number of aromatic nitrogens is 2. The van der Waals surface area contributed by atoms with E-state index in [0.29, 0.717) is 11.3 Å². The van der Waals surface area contributed by atoms with Gasteiger partial charge in [-0.2, -0.15) is 0 Å². The van der Waals surface area contributed by atoms with Crippen LogP contribution < -0.4 is 4.72 Å². The van der Waals surface area contributed by atoms with Gasteiger partial charge >= 0.3 is 5.97 Å². The first-order valence-electron chi connectivity index (χ1n) is 8.69. The molecule has 1 aliphatic rings. The summed E-state index contributed by atoms with van der Waals surface area (Å²) in [4.78, 5) is 20.8. The predicted molar refractivity (Wildman–Crippen MR) is 103 cm³/mol. The monoisotopic (exact) mass is 398 g/mol. The fourth-order valence-electron chi connectivity index (χ4n) is 2.96. The van der Waals surface area contributed by atoms with Gasteiger partial charge in [0.2, 0.25) is 0 Å². The highest BCUT2D eigenvalue weighted by molar-refractivity contribution is 7.90. The average molecular weight is 398 g/mol. The molecule has 0 saturated carbocycles. The third kappa shape index (κ3) is 3.61. The summed E-state index contributed by atoms with van der Waals surface area (Å²) in [7, 11) is -3.58. The summed E-state index contributed by atoms with van der Waals surface area (Å²) < 4.78 is 33.6. The average Bonchev–Trinajstić information content (AvgIpc) is 3.18. The van der Waals surface area contributed by atoms with E-state index in [0.717, 1.165) is 11.2 Å². The van der Waals surface area contributed by atoms with Gasteiger partial charge in [-0.25, -0.2) is 13.4 Å². The van der Waals surface area contributed by atoms with Crippen LogP contribution in [-0.4, -0.2) is 36.2 Å². The summed E-state index contributed by atoms with van der Waals surface area (Å²) in [5, 5.41) is 0. The second-order valence-electron chi connectivity index (χ2n) is 6.45. The van der Waals surface area contributed by atoms with Crippen molar-refractivity contribution in [1.82, 2.24) is 14.1 Å². The molecule has 0 atom stereocenters. The minimum Gasteiger partial charge on any atom is -0.459 e. The Morgan fingerprint density at radius 1 is 1.21 bits per heavy atom. The quantitative estimate of drug-likeness (QED) is 0.661. The van der Waals surface area contributed by atoms with E-state index >= 15 is 0 Å². The van der Waals surface area contributed by atoms with Crippen LogP contribution in [0, 0.1) is 6.92 Å². The fourth-order valence-corrected chi connectivity index (χ4v) is 4.21. The Morgan fingerprint density at radius 2 is 2.04 bits per heavy atom. The molecule has 0 saturated heterocycles. The number of benzene rings is 1. The Labute approximate surface area is 161 Å². The highest BCUT2D eigenvalue weighted by atomic mass is 32.2. The minimum atomic E-state index is -3.58. The van der Waals surface area contributed by atoms with Crippen LogP contribution in [0.2, 0.25) is 0 Å². The van der Waals surface area contributed by atoms with E-state index in [-0.39, 0.29) is 30.3 Å². The number of hydrogen-bond donors (Lipinski definition) is 1. The first kappa shape index (κ1) is 18.2. The normalized spacial score (nSPS) is 16.1. The SMILES string of the molecule is Cc1ccc2nc(COC(=O)CCN=C3NS(=O)(=O)c4ccccc43)cn2c1. The van der Waals surface area contributed by atoms with Gasteiger partial charge in [-0.3, -0.25) is 14.5 Å². The second-order valence-corrected chi connectivity index (χ2v) is 8.10. The summed E-state index contributed by atoms with van der Waals surface area (Å²) >= 11 is 0. The molecule has 3 aromatic rings. The van der Waals surface area contributed by atoms with Crippen LogP contribution in [0.1, 0.15) is 23.2 Å². The number of carbonyl (C=O) groups excluding carboxylic acids is 1. The van der Waals surface area contributed by atoms with Gasteiger partial charge in [0.05, 0.1) is 23.6 Å². The molecule has 8 nitrogen and oxygen atoms in total. The van der Waals surface area contributed by atoms with Crippen molar-refractivity contribution in [1.29, 1.82) is 0 Å². The van der Waals surface area contributed by atoms with Crippen molar-refractivity contribution >= 4 is 27.5 Å². The zero-order chi connectivity index (χ0) is 19.7. The molecule has 1 aromatic carbocycles. The Hall–Kier alpha value is -3.20. The molecule has 1 N–H and O–H groups in total. The van der Waals surface area contributed by atoms with Gasteiger partial charge in [-0.15, -0.1) is 0 Å². The van der Waals surface area contributed by atoms with Gasteiger partial charge in [0.1, 0.15) is 18.1 Å². The van der Waals surface area contributed by atoms with Crippen molar-refractivity contribution in [2.75, 3.05) is 6.54 Å². The second kappa shape index (κ2) is 7.08. The molecule has 0 bridgehead atoms. The summed E-state index contributed by atoms with van der Waals surface area (Å²) in [6.45, 7) is 2.18. The van der Waals surface area contributed by atoms with Crippen LogP contribution in [0.25, 0.3) is 5.65 Å². The lowest BCUT2D eigenvalue weighted by Gasteiger charge is -2.02. The zero-order valence-electron chi connectivity index (χ0n) is 15.1. The van der Waals surface area contributed by atoms with Gasteiger partial charge in [-0.05, 0) is 30.7 Å². The molecule has 9 heteroatoms. The maximum Gasteiger partial charge on any atom is 0.308 e. The van der Waals surface area contributed by atoms with Crippen molar-refractivity contribution < 1.29 is 17.9 Å². The number of pyridine rings is 1. The van der Waals surface area contributed by atoms with Crippen LogP contribution in [0.15, 0.2) is 58.7 Å². The van der Waals surface area contributed by atoms with Crippen molar-refractivity contribution in [2.24, 2.45) is 4.99 Å². The number of hydrogen-bond acceptors (Lipinski definition) is 6. The van der Waals surface area contributed by atoms with Crippen LogP contribution in [0.4, 0.5) is 0 Å². The summed E-state index contributed by atoms with van der Waals surface area (Å²) in [5.74, 6) is -0.175. The molecule has 2 aromatic heterocycles. The van der Waals surface area contributed by atoms with Crippen LogP contribution in [-0.2, 0) is 26.2 Å². The Bertz CT molecular complexity index is 1200. The predicted octanol–water partition coefficient (Wildman–Crippen LogP) is 1.81. The maximum absolute atomic E-state index is 12.0. The number of imidazole rings is 1. The number of esters is 1. The molecular formula is C19H18N4O4S. The number of carbonyl (C=O) groups is 1. The largest absolute Gasteiger partial charge is 0.459 e. The van der Waals surface area contributed by atoms with Crippen molar-refractivity contribution in [3.63, 3.8) is 0 Å². The van der Waals surface area contributed by atoms with E-state index < -0.39 is 16.0 Å². The highest BCUT2D eigenvalue weighted by Gasteiger charge is 2.29. The van der Waals surface area contributed by atoms with Crippen LogP contribution in [0.5, 0.6) is 0 Å². The smallest absolute Gasteiger partial charge is 0.308 e. The van der Waals surface area contributed by atoms with Crippen molar-refractivity contribution in [2.45, 2.75) is 24.8 Å². The Kier molecular flexibility index (Phi) is 4.60. The van der Waals surface area contributed by atoms with E-state index in [1.807, 2.05) is 35.9 Å². The number of amidine groups is 1. The van der Waals surface area contributed by atoms with Gasteiger partial charge in [0, 0.05) is 18.0 Å². The molecule has 0 unspecified atom stereocenters. The first-order chi connectivity index (χ1) is 13.4. The lowest BCUT2D eigenvalue weighted by molar-refractivity contribution is -0.144. The Balaban J connectivity index is 1.34. The van der Waals surface area contributed by atoms with E-state index in [2.05, 4.69) is 14.7 Å². The van der Waals surface area contributed by atoms with Crippen LogP contribution in [0.3, 0.4) is 0 Å². The van der Waals surface area contributed by atoms with Crippen molar-refractivity contribution in [3.8, 4) is 0 Å². The summed E-state index contributed by atoms with van der Waals surface area (Å²) in [5.41, 5.74) is 3.06. The molecule has 0 fully saturated rings. The highest BCUT2D eigenvalue weighted by Crippen LogP contribution is 2.22. The molecule has 0 radical (unpaired) electrons. The number of aryl methyl sites for hydroxylation is 1. The van der Waals surface area contributed by atoms with Gasteiger partial charge in [0.15, 0.2) is 0 Å². The minimum absolute atomic E-state index is 0.0415. The number of nitrogens with one attached hydrogen (secondary N) is 1. The number of ether oxygens (including phenoxy) is 1. The molecule has 3 heterocycles. The van der Waals surface area contributed by atoms with Gasteiger partial charge in [-0.1, -0.05) is 18.2 Å². The third-order valence-corrected chi connectivity index (χ3v) is 5.68. The number of sulfonamides is 1. The first-order valence-corrected chi connectivity index (χ1v) is 10.2. The van der Waals surface area contributed by atoms with Crippen LogP contribution >= 0.6 is 0 Å². The standard InChI is InChI=1S/C19H18N4O4S/c1-13-6-7-17-21-14(11-23(17)10-13)12-27-18(24)8-9-20-19-15-4-2-3-5-16(15)28(25,26)22-19/h2-7,10-11H,8-9,12H2,1H3,(H,20,22).